The van der Waals surface area contributed by atoms with Gasteiger partial charge in [-0.1, -0.05) is 30.3 Å². The molecule has 1 aliphatic heterocycles. The van der Waals surface area contributed by atoms with Gasteiger partial charge in [0.15, 0.2) is 11.4 Å². The molecule has 1 aromatic heterocycles. The molecule has 3 rings (SSSR count). The van der Waals surface area contributed by atoms with Crippen LogP contribution in [0, 0.1) is 0 Å². The van der Waals surface area contributed by atoms with Gasteiger partial charge in [-0.25, -0.2) is 4.79 Å². The first-order chi connectivity index (χ1) is 12.9. The van der Waals surface area contributed by atoms with Crippen molar-refractivity contribution in [1.29, 1.82) is 0 Å². The third kappa shape index (κ3) is 3.56. The van der Waals surface area contributed by atoms with E-state index in [1.807, 2.05) is 30.3 Å². The highest BCUT2D eigenvalue weighted by Crippen LogP contribution is 2.28. The number of aromatic nitrogens is 1. The lowest BCUT2D eigenvalue weighted by atomic mass is 10.0. The van der Waals surface area contributed by atoms with Gasteiger partial charge in [0.2, 0.25) is 5.43 Å². The van der Waals surface area contributed by atoms with Gasteiger partial charge in [-0.2, -0.15) is 0 Å². The molecule has 0 bridgehead atoms. The van der Waals surface area contributed by atoms with E-state index in [1.54, 1.807) is 0 Å². The van der Waals surface area contributed by atoms with Gasteiger partial charge in [0, 0.05) is 26.4 Å². The summed E-state index contributed by atoms with van der Waals surface area (Å²) in [6, 6.07) is 9.18. The molecule has 0 saturated heterocycles. The van der Waals surface area contributed by atoms with E-state index in [0.717, 1.165) is 11.8 Å². The van der Waals surface area contributed by atoms with Crippen LogP contribution in [0.25, 0.3) is 0 Å². The molecule has 1 aromatic carbocycles. The topological polar surface area (TPSA) is 109 Å². The zero-order valence-corrected chi connectivity index (χ0v) is 14.8. The molecule has 1 atom stereocenters. The van der Waals surface area contributed by atoms with Gasteiger partial charge in [0.25, 0.3) is 5.91 Å². The lowest BCUT2D eigenvalue weighted by Gasteiger charge is -2.36. The van der Waals surface area contributed by atoms with E-state index < -0.39 is 28.6 Å². The van der Waals surface area contributed by atoms with Crippen molar-refractivity contribution in [2.24, 2.45) is 0 Å². The van der Waals surface area contributed by atoms with Crippen LogP contribution in [0.5, 0.6) is 5.75 Å². The first kappa shape index (κ1) is 18.7. The zero-order valence-electron chi connectivity index (χ0n) is 14.8. The molecule has 27 heavy (non-hydrogen) atoms. The summed E-state index contributed by atoms with van der Waals surface area (Å²) in [5.74, 6) is -2.80. The molecule has 2 aromatic rings. The number of carbonyl (C=O) groups is 2. The minimum absolute atomic E-state index is 0.187. The van der Waals surface area contributed by atoms with Crippen molar-refractivity contribution in [3.05, 3.63) is 63.6 Å². The van der Waals surface area contributed by atoms with E-state index in [0.29, 0.717) is 26.1 Å². The summed E-state index contributed by atoms with van der Waals surface area (Å²) in [5.41, 5.74) is -0.820. The van der Waals surface area contributed by atoms with Crippen molar-refractivity contribution in [2.75, 3.05) is 26.8 Å². The third-order valence-electron chi connectivity index (χ3n) is 4.63. The summed E-state index contributed by atoms with van der Waals surface area (Å²) in [6.45, 7) is 0.919. The molecule has 0 unspecified atom stereocenters. The Morgan fingerprint density at radius 1 is 1.26 bits per heavy atom. The summed E-state index contributed by atoms with van der Waals surface area (Å²) < 4.78 is 6.45. The number of pyridine rings is 1. The van der Waals surface area contributed by atoms with Crippen molar-refractivity contribution in [1.82, 2.24) is 9.47 Å². The molecule has 0 radical (unpaired) electrons. The molecule has 0 aliphatic carbocycles. The number of methoxy groups -OCH3 is 1. The van der Waals surface area contributed by atoms with Crippen molar-refractivity contribution in [3.8, 4) is 5.75 Å². The second-order valence-corrected chi connectivity index (χ2v) is 6.37. The normalized spacial score (nSPS) is 16.3. The summed E-state index contributed by atoms with van der Waals surface area (Å²) >= 11 is 0. The number of carboxylic acids is 1. The Bertz CT molecular complexity index is 922. The fourth-order valence-electron chi connectivity index (χ4n) is 3.29. The number of aromatic hydroxyl groups is 1. The highest BCUT2D eigenvalue weighted by molar-refractivity contribution is 5.97. The van der Waals surface area contributed by atoms with E-state index in [9.17, 15) is 24.6 Å². The summed E-state index contributed by atoms with van der Waals surface area (Å²) in [5, 5.41) is 19.6. The van der Waals surface area contributed by atoms with Crippen LogP contribution < -0.4 is 5.43 Å². The second-order valence-electron chi connectivity index (χ2n) is 6.37. The maximum absolute atomic E-state index is 12.8. The molecule has 1 aliphatic rings. The van der Waals surface area contributed by atoms with E-state index in [2.05, 4.69) is 0 Å². The number of hydrogen-bond donors (Lipinski definition) is 2. The Hall–Kier alpha value is -3.13. The number of hydrogen-bond acceptors (Lipinski definition) is 5. The van der Waals surface area contributed by atoms with Gasteiger partial charge in [-0.3, -0.25) is 9.59 Å². The molecule has 1 amide bonds. The van der Waals surface area contributed by atoms with Crippen LogP contribution in [-0.4, -0.2) is 58.4 Å². The van der Waals surface area contributed by atoms with Gasteiger partial charge >= 0.3 is 5.97 Å². The van der Waals surface area contributed by atoms with E-state index >= 15 is 0 Å². The Morgan fingerprint density at radius 2 is 1.96 bits per heavy atom. The number of aromatic carboxylic acids is 1. The Morgan fingerprint density at radius 3 is 2.59 bits per heavy atom. The number of fused-ring (bicyclic) bond motifs is 1. The number of carboxylic acid groups (broad SMARTS) is 1. The van der Waals surface area contributed by atoms with E-state index in [-0.39, 0.29) is 11.7 Å². The standard InChI is InChI=1S/C19H20N2O6/c1-27-8-7-20-10-13(9-12-5-3-2-4-6-12)21-11-14(19(25)26)16(22)17(23)15(21)18(20)24/h2-6,11,13,23H,7-10H2,1H3,(H,25,26)/t13-/m1/s1. The predicted octanol–water partition coefficient (Wildman–Crippen LogP) is 1.14. The molecule has 0 fully saturated rings. The Kier molecular flexibility index (Phi) is 5.27. The van der Waals surface area contributed by atoms with Crippen LogP contribution >= 0.6 is 0 Å². The molecule has 0 saturated carbocycles. The van der Waals surface area contributed by atoms with Gasteiger partial charge in [0.1, 0.15) is 5.56 Å². The van der Waals surface area contributed by atoms with E-state index in [4.69, 9.17) is 4.74 Å². The number of carbonyl (C=O) groups excluding carboxylic acids is 1. The van der Waals surface area contributed by atoms with Crippen LogP contribution in [0.15, 0.2) is 41.3 Å². The maximum Gasteiger partial charge on any atom is 0.341 e. The number of amides is 1. The molecule has 2 heterocycles. The van der Waals surface area contributed by atoms with E-state index in [1.165, 1.54) is 16.6 Å². The van der Waals surface area contributed by atoms with Crippen LogP contribution in [0.4, 0.5) is 0 Å². The lowest BCUT2D eigenvalue weighted by molar-refractivity contribution is 0.0585. The Balaban J connectivity index is 2.11. The van der Waals surface area contributed by atoms with Crippen LogP contribution in [0.1, 0.15) is 32.5 Å². The van der Waals surface area contributed by atoms with Crippen molar-refractivity contribution in [2.45, 2.75) is 12.5 Å². The average molecular weight is 372 g/mol. The zero-order chi connectivity index (χ0) is 19.6. The van der Waals surface area contributed by atoms with Crippen LogP contribution in [0.2, 0.25) is 0 Å². The smallest absolute Gasteiger partial charge is 0.341 e. The minimum atomic E-state index is -1.45. The van der Waals surface area contributed by atoms with Crippen LogP contribution in [0.3, 0.4) is 0 Å². The number of nitrogens with zero attached hydrogens (tertiary/aromatic N) is 2. The van der Waals surface area contributed by atoms with Gasteiger partial charge in [-0.15, -0.1) is 0 Å². The SMILES string of the molecule is COCCN1C[C@@H](Cc2ccccc2)n2cc(C(=O)O)c(=O)c(O)c2C1=O. The molecule has 0 spiro atoms. The van der Waals surface area contributed by atoms with Crippen LogP contribution in [-0.2, 0) is 11.2 Å². The minimum Gasteiger partial charge on any atom is -0.503 e. The van der Waals surface area contributed by atoms with Crippen molar-refractivity contribution >= 4 is 11.9 Å². The van der Waals surface area contributed by atoms with Gasteiger partial charge < -0.3 is 24.4 Å². The highest BCUT2D eigenvalue weighted by atomic mass is 16.5. The fraction of sp³-hybridized carbons (Fsp3) is 0.316. The fourth-order valence-corrected chi connectivity index (χ4v) is 3.29. The molecular weight excluding hydrogens is 352 g/mol. The summed E-state index contributed by atoms with van der Waals surface area (Å²) in [6.07, 6.45) is 1.66. The number of rotatable bonds is 6. The summed E-state index contributed by atoms with van der Waals surface area (Å²) in [4.78, 5) is 37.8. The van der Waals surface area contributed by atoms with Gasteiger partial charge in [-0.05, 0) is 12.0 Å². The number of benzene rings is 1. The van der Waals surface area contributed by atoms with Gasteiger partial charge in [0.05, 0.1) is 12.6 Å². The Labute approximate surface area is 155 Å². The maximum atomic E-state index is 12.8. The second kappa shape index (κ2) is 7.63. The average Bonchev–Trinajstić information content (AvgIpc) is 2.65. The highest BCUT2D eigenvalue weighted by Gasteiger charge is 2.35. The quantitative estimate of drug-likeness (QED) is 0.787. The largest absolute Gasteiger partial charge is 0.503 e. The predicted molar refractivity (Wildman–Crippen MR) is 96.3 cm³/mol. The third-order valence-corrected chi connectivity index (χ3v) is 4.63. The first-order valence-electron chi connectivity index (χ1n) is 8.47. The summed E-state index contributed by atoms with van der Waals surface area (Å²) in [7, 11) is 1.52. The lowest BCUT2D eigenvalue weighted by Crippen LogP contribution is -2.46. The molecular formula is C19H20N2O6. The van der Waals surface area contributed by atoms with Crippen molar-refractivity contribution < 1.29 is 24.5 Å². The molecule has 142 valence electrons. The van der Waals surface area contributed by atoms with Crippen molar-refractivity contribution in [3.63, 3.8) is 0 Å². The monoisotopic (exact) mass is 372 g/mol. The number of ether oxygens (including phenoxy) is 1. The molecule has 8 nitrogen and oxygen atoms in total. The molecule has 2 N–H and O–H groups in total. The molecule has 8 heteroatoms. The first-order valence-corrected chi connectivity index (χ1v) is 8.47.